The number of halogens is 12. The summed E-state index contributed by atoms with van der Waals surface area (Å²) in [6.07, 6.45) is 11.3. The molecule has 0 fully saturated rings. The molecule has 0 amide bonds. The molecule has 0 radical (unpaired) electrons. The number of nitrogens with one attached hydrogen (secondary N) is 1. The van der Waals surface area contributed by atoms with Crippen molar-refractivity contribution in [2.45, 2.75) is 61.9 Å². The molecule has 0 unspecified atom stereocenters. The molecule has 0 saturated heterocycles. The van der Waals surface area contributed by atoms with Gasteiger partial charge in [0.25, 0.3) is 5.82 Å². The fraction of sp³-hybridized carbons (Fsp3) is 0.667. The van der Waals surface area contributed by atoms with Crippen LogP contribution in [-0.4, -0.2) is 78.5 Å². The van der Waals surface area contributed by atoms with E-state index < -0.39 is 62.1 Å². The minimum Gasteiger partial charge on any atom is -0.421 e. The van der Waals surface area contributed by atoms with Gasteiger partial charge in [-0.1, -0.05) is 0 Å². The monoisotopic (exact) mass is 824 g/mol. The van der Waals surface area contributed by atoms with Gasteiger partial charge in [0.05, 0.1) is 32.7 Å². The van der Waals surface area contributed by atoms with E-state index in [0.29, 0.717) is 0 Å². The van der Waals surface area contributed by atoms with Crippen molar-refractivity contribution in [3.05, 3.63) is 45.2 Å². The standard InChI is InChI=1S/C14H23N4O.2C2F6NO4S2/c1-3-16-8-9-17(13-16)10-12-19-11-5-14-15-6-7-18(14)4-2;2*3-1(4,5)14(10,11)9-15(12,13)2(6,7)8/h6-9,13H,3-5,10-12H2,1-2H3;;/q+1;2*-1/p+1. The Kier molecular flexibility index (Phi) is 16.0. The van der Waals surface area contributed by atoms with E-state index >= 15 is 0 Å². The van der Waals surface area contributed by atoms with Gasteiger partial charge < -0.3 is 13.0 Å². The van der Waals surface area contributed by atoms with Crippen molar-refractivity contribution in [1.29, 1.82) is 0 Å². The lowest BCUT2D eigenvalue weighted by Crippen LogP contribution is -2.36. The van der Waals surface area contributed by atoms with Crippen LogP contribution in [0.3, 0.4) is 0 Å². The van der Waals surface area contributed by atoms with Crippen LogP contribution in [0.5, 0.6) is 0 Å². The van der Waals surface area contributed by atoms with Crippen molar-refractivity contribution < 1.29 is 100 Å². The summed E-state index contributed by atoms with van der Waals surface area (Å²) in [5.41, 5.74) is -24.8. The normalized spacial score (nSPS) is 13.7. The molecule has 1 N–H and O–H groups in total. The first kappa shape index (κ1) is 46.3. The van der Waals surface area contributed by atoms with Crippen LogP contribution in [0.15, 0.2) is 31.1 Å². The molecule has 2 heterocycles. The lowest BCUT2D eigenvalue weighted by atomic mass is 10.4. The Hall–Kier alpha value is -2.74. The zero-order valence-corrected chi connectivity index (χ0v) is 27.5. The van der Waals surface area contributed by atoms with E-state index in [-0.39, 0.29) is 0 Å². The van der Waals surface area contributed by atoms with Crippen LogP contribution in [0.2, 0.25) is 0 Å². The summed E-state index contributed by atoms with van der Waals surface area (Å²) < 4.78 is 231. The Morgan fingerprint density at radius 1 is 0.694 bits per heavy atom. The Balaban J connectivity index is 0.000000715. The number of nitrogens with zero attached hydrogens (tertiary/aromatic N) is 5. The van der Waals surface area contributed by atoms with E-state index in [4.69, 9.17) is 4.74 Å². The lowest BCUT2D eigenvalue weighted by Gasteiger charge is -2.22. The third-order valence-electron chi connectivity index (χ3n) is 4.84. The first-order valence-electron chi connectivity index (χ1n) is 12.2. The Morgan fingerprint density at radius 2 is 1.10 bits per heavy atom. The molecule has 2 aromatic heterocycles. The smallest absolute Gasteiger partial charge is 0.421 e. The molecule has 0 spiro atoms. The van der Waals surface area contributed by atoms with E-state index in [0.717, 1.165) is 47.5 Å². The maximum atomic E-state index is 11.4. The SMILES string of the molecule is CCn1cc[n+](CCOCCc2[nH]cc[n+]2CC)c1.O=S(=O)([N-]S(=O)(=O)C(F)(F)F)C(F)(F)F.O=S(=O)([N-]S(=O)(=O)C(F)(F)F)C(F)(F)F. The third-order valence-corrected chi connectivity index (χ3v) is 10.3. The number of rotatable bonds is 12. The average molecular weight is 825 g/mol. The highest BCUT2D eigenvalue weighted by molar-refractivity contribution is 8.13. The van der Waals surface area contributed by atoms with Crippen molar-refractivity contribution in [2.75, 3.05) is 13.2 Å². The molecule has 0 aliphatic heterocycles. The molecule has 2 rings (SSSR count). The molecule has 0 atom stereocenters. The summed E-state index contributed by atoms with van der Waals surface area (Å²) >= 11 is 0. The second-order valence-electron chi connectivity index (χ2n) is 8.37. The molecule has 0 aliphatic carbocycles. The Labute approximate surface area is 270 Å². The van der Waals surface area contributed by atoms with Gasteiger partial charge in [-0.3, -0.25) is 0 Å². The fourth-order valence-electron chi connectivity index (χ4n) is 2.53. The first-order valence-corrected chi connectivity index (χ1v) is 17.9. The van der Waals surface area contributed by atoms with E-state index in [1.54, 1.807) is 0 Å². The second-order valence-corrected chi connectivity index (χ2v) is 15.2. The van der Waals surface area contributed by atoms with Crippen LogP contribution in [0.4, 0.5) is 52.7 Å². The van der Waals surface area contributed by atoms with Crippen molar-refractivity contribution in [2.24, 2.45) is 0 Å². The fourth-order valence-corrected chi connectivity index (χ4v) is 5.95. The molecule has 0 saturated carbocycles. The number of hydrogen-bond donors (Lipinski definition) is 1. The number of ether oxygens (including phenoxy) is 1. The van der Waals surface area contributed by atoms with Gasteiger partial charge in [0.2, 0.25) is 6.33 Å². The summed E-state index contributed by atoms with van der Waals surface area (Å²) in [5.74, 6) is 1.23. The summed E-state index contributed by atoms with van der Waals surface area (Å²) in [7, 11) is -26.9. The van der Waals surface area contributed by atoms with E-state index in [2.05, 4.69) is 57.5 Å². The number of aryl methyl sites for hydroxylation is 2. The highest BCUT2D eigenvalue weighted by Crippen LogP contribution is 2.37. The maximum Gasteiger partial charge on any atom is 0.480 e. The summed E-state index contributed by atoms with van der Waals surface area (Å²) in [6, 6.07) is 0. The van der Waals surface area contributed by atoms with Crippen molar-refractivity contribution in [1.82, 2.24) is 9.55 Å². The van der Waals surface area contributed by atoms with Gasteiger partial charge in [-0.2, -0.15) is 52.7 Å². The van der Waals surface area contributed by atoms with Gasteiger partial charge in [0.15, 0.2) is 40.1 Å². The molecule has 31 heteroatoms. The van der Waals surface area contributed by atoms with Crippen molar-refractivity contribution in [3.8, 4) is 0 Å². The zero-order chi connectivity index (χ0) is 38.9. The molecule has 0 aromatic carbocycles. The third kappa shape index (κ3) is 14.6. The van der Waals surface area contributed by atoms with Crippen LogP contribution < -0.4 is 9.13 Å². The molecule has 49 heavy (non-hydrogen) atoms. The minimum absolute atomic E-state index is 0.755. The van der Waals surface area contributed by atoms with Crippen molar-refractivity contribution >= 4 is 40.1 Å². The van der Waals surface area contributed by atoms with Crippen LogP contribution in [-0.2, 0) is 70.9 Å². The maximum absolute atomic E-state index is 11.4. The number of H-pyrrole nitrogens is 1. The van der Waals surface area contributed by atoms with Gasteiger partial charge in [0.1, 0.15) is 31.3 Å². The van der Waals surface area contributed by atoms with Crippen LogP contribution in [0.1, 0.15) is 19.7 Å². The largest absolute Gasteiger partial charge is 0.480 e. The van der Waals surface area contributed by atoms with Crippen LogP contribution in [0.25, 0.3) is 8.25 Å². The Bertz CT molecular complexity index is 1610. The molecular formula is C18H24F12N6O9S4. The number of alkyl halides is 12. The first-order chi connectivity index (χ1) is 21.7. The lowest BCUT2D eigenvalue weighted by molar-refractivity contribution is -0.700. The summed E-state index contributed by atoms with van der Waals surface area (Å²) in [5, 5.41) is 0. The van der Waals surface area contributed by atoms with Gasteiger partial charge in [0, 0.05) is 0 Å². The quantitative estimate of drug-likeness (QED) is 0.190. The minimum atomic E-state index is -6.72. The van der Waals surface area contributed by atoms with Crippen LogP contribution >= 0.6 is 0 Å². The summed E-state index contributed by atoms with van der Waals surface area (Å²) in [4.78, 5) is 3.25. The average Bonchev–Trinajstić information content (AvgIpc) is 3.54. The van der Waals surface area contributed by atoms with Crippen molar-refractivity contribution in [3.63, 3.8) is 0 Å². The molecular weight excluding hydrogens is 800 g/mol. The van der Waals surface area contributed by atoms with Crippen LogP contribution in [0, 0.1) is 0 Å². The summed E-state index contributed by atoms with van der Waals surface area (Å²) in [6.45, 7) is 8.72. The van der Waals surface area contributed by atoms with E-state index in [1.165, 1.54) is 5.82 Å². The second kappa shape index (κ2) is 17.0. The van der Waals surface area contributed by atoms with Gasteiger partial charge in [-0.25, -0.2) is 52.4 Å². The van der Waals surface area contributed by atoms with E-state index in [9.17, 15) is 86.4 Å². The number of imidazole rings is 2. The Morgan fingerprint density at radius 3 is 1.43 bits per heavy atom. The molecule has 288 valence electrons. The number of aromatic amines is 1. The molecule has 15 nitrogen and oxygen atoms in total. The molecule has 0 bridgehead atoms. The van der Waals surface area contributed by atoms with Gasteiger partial charge in [-0.05, 0) is 13.8 Å². The topological polar surface area (TPSA) is 202 Å². The molecule has 2 aromatic rings. The predicted molar refractivity (Wildman–Crippen MR) is 138 cm³/mol. The highest BCUT2D eigenvalue weighted by Gasteiger charge is 2.48. The van der Waals surface area contributed by atoms with Gasteiger partial charge in [-0.15, -0.1) is 0 Å². The highest BCUT2D eigenvalue weighted by atomic mass is 32.3. The predicted octanol–water partition coefficient (Wildman–Crippen LogP) is 2.81. The number of aromatic nitrogens is 4. The van der Waals surface area contributed by atoms with E-state index in [1.807, 2.05) is 6.20 Å². The van der Waals surface area contributed by atoms with Gasteiger partial charge >= 0.3 is 22.0 Å². The number of hydrogen-bond acceptors (Lipinski definition) is 9. The zero-order valence-electron chi connectivity index (χ0n) is 24.2. The number of sulfonamides is 4. The molecule has 0 aliphatic rings.